The Hall–Kier alpha value is -2.85. The standard InChI is InChI=1S/C20H15N3S/c1-12-19(14-7-3-5-9-17(14)22-12)18-11-24-20(23-18)15-10-21-16-8-4-2-6-13(15)16/h2-11,21-22H,1H3. The van der Waals surface area contributed by atoms with Gasteiger partial charge in [0.15, 0.2) is 0 Å². The molecule has 5 aromatic rings. The number of H-pyrrole nitrogens is 2. The molecule has 0 atom stereocenters. The first-order chi connectivity index (χ1) is 11.8. The summed E-state index contributed by atoms with van der Waals surface area (Å²) in [6.07, 6.45) is 2.05. The van der Waals surface area contributed by atoms with Crippen molar-refractivity contribution >= 4 is 33.1 Å². The van der Waals surface area contributed by atoms with Crippen LogP contribution in [0, 0.1) is 6.92 Å². The molecule has 3 aromatic heterocycles. The first kappa shape index (κ1) is 13.6. The lowest BCUT2D eigenvalue weighted by Gasteiger charge is -1.97. The summed E-state index contributed by atoms with van der Waals surface area (Å²) >= 11 is 1.69. The molecule has 0 fully saturated rings. The highest BCUT2D eigenvalue weighted by Crippen LogP contribution is 2.37. The van der Waals surface area contributed by atoms with Gasteiger partial charge in [-0.2, -0.15) is 0 Å². The molecule has 0 spiro atoms. The Labute approximate surface area is 143 Å². The Morgan fingerprint density at radius 3 is 2.54 bits per heavy atom. The molecule has 2 N–H and O–H groups in total. The number of nitrogens with zero attached hydrogens (tertiary/aromatic N) is 1. The Balaban J connectivity index is 1.68. The molecule has 0 aliphatic rings. The summed E-state index contributed by atoms with van der Waals surface area (Å²) in [6, 6.07) is 16.7. The number of nitrogens with one attached hydrogen (secondary N) is 2. The van der Waals surface area contributed by atoms with E-state index in [0.29, 0.717) is 0 Å². The second kappa shape index (κ2) is 5.08. The van der Waals surface area contributed by atoms with Crippen LogP contribution in [0.1, 0.15) is 5.69 Å². The Morgan fingerprint density at radius 2 is 1.67 bits per heavy atom. The zero-order chi connectivity index (χ0) is 16.1. The van der Waals surface area contributed by atoms with Gasteiger partial charge >= 0.3 is 0 Å². The number of aromatic nitrogens is 3. The van der Waals surface area contributed by atoms with Crippen LogP contribution in [0.25, 0.3) is 43.6 Å². The summed E-state index contributed by atoms with van der Waals surface area (Å²) in [7, 11) is 0. The molecule has 0 aliphatic carbocycles. The molecular weight excluding hydrogens is 314 g/mol. The largest absolute Gasteiger partial charge is 0.360 e. The van der Waals surface area contributed by atoms with Gasteiger partial charge in [0.2, 0.25) is 0 Å². The maximum atomic E-state index is 4.93. The second-order valence-corrected chi connectivity index (χ2v) is 6.81. The van der Waals surface area contributed by atoms with Gasteiger partial charge in [-0.3, -0.25) is 0 Å². The highest BCUT2D eigenvalue weighted by molar-refractivity contribution is 7.13. The number of aryl methyl sites for hydroxylation is 1. The van der Waals surface area contributed by atoms with Gasteiger partial charge in [-0.1, -0.05) is 36.4 Å². The molecule has 116 valence electrons. The molecule has 0 aliphatic heterocycles. The van der Waals surface area contributed by atoms with Crippen LogP contribution in [0.15, 0.2) is 60.1 Å². The number of hydrogen-bond acceptors (Lipinski definition) is 2. The molecule has 0 saturated heterocycles. The van der Waals surface area contributed by atoms with Crippen LogP contribution in [0.3, 0.4) is 0 Å². The lowest BCUT2D eigenvalue weighted by molar-refractivity contribution is 1.29. The quantitative estimate of drug-likeness (QED) is 0.425. The average Bonchev–Trinajstić information content (AvgIpc) is 3.29. The minimum Gasteiger partial charge on any atom is -0.360 e. The number of aromatic amines is 2. The van der Waals surface area contributed by atoms with Gasteiger partial charge in [0.25, 0.3) is 0 Å². The van der Waals surface area contributed by atoms with Crippen molar-refractivity contribution in [3.05, 3.63) is 65.8 Å². The third-order valence-electron chi connectivity index (χ3n) is 4.47. The summed E-state index contributed by atoms with van der Waals surface area (Å²) in [5.41, 5.74) is 6.87. The smallest absolute Gasteiger partial charge is 0.126 e. The van der Waals surface area contributed by atoms with Crippen LogP contribution in [-0.4, -0.2) is 15.0 Å². The topological polar surface area (TPSA) is 44.5 Å². The molecule has 2 aromatic carbocycles. The van der Waals surface area contributed by atoms with Crippen molar-refractivity contribution in [2.75, 3.05) is 0 Å². The van der Waals surface area contributed by atoms with Crippen molar-refractivity contribution in [2.24, 2.45) is 0 Å². The normalized spacial score (nSPS) is 11.5. The number of rotatable bonds is 2. The molecule has 0 saturated carbocycles. The first-order valence-electron chi connectivity index (χ1n) is 7.91. The minimum atomic E-state index is 1.04. The van der Waals surface area contributed by atoms with Gasteiger partial charge in [-0.25, -0.2) is 4.98 Å². The van der Waals surface area contributed by atoms with Crippen LogP contribution in [-0.2, 0) is 0 Å². The van der Waals surface area contributed by atoms with E-state index in [4.69, 9.17) is 4.98 Å². The minimum absolute atomic E-state index is 1.04. The van der Waals surface area contributed by atoms with Crippen molar-refractivity contribution in [1.82, 2.24) is 15.0 Å². The second-order valence-electron chi connectivity index (χ2n) is 5.96. The lowest BCUT2D eigenvalue weighted by Crippen LogP contribution is -1.80. The number of benzene rings is 2. The molecule has 3 nitrogen and oxygen atoms in total. The average molecular weight is 329 g/mol. The Kier molecular flexibility index (Phi) is 2.87. The van der Waals surface area contributed by atoms with Gasteiger partial charge in [-0.15, -0.1) is 11.3 Å². The van der Waals surface area contributed by atoms with E-state index in [9.17, 15) is 0 Å². The van der Waals surface area contributed by atoms with E-state index < -0.39 is 0 Å². The van der Waals surface area contributed by atoms with E-state index in [-0.39, 0.29) is 0 Å². The molecule has 0 radical (unpaired) electrons. The van der Waals surface area contributed by atoms with E-state index in [1.807, 2.05) is 6.07 Å². The van der Waals surface area contributed by atoms with Gasteiger partial charge in [0.1, 0.15) is 5.01 Å². The predicted octanol–water partition coefficient (Wildman–Crippen LogP) is 5.75. The molecule has 0 unspecified atom stereocenters. The van der Waals surface area contributed by atoms with Gasteiger partial charge in [0, 0.05) is 50.2 Å². The fraction of sp³-hybridized carbons (Fsp3) is 0.0500. The van der Waals surface area contributed by atoms with Crippen LogP contribution in [0.5, 0.6) is 0 Å². The van der Waals surface area contributed by atoms with Crippen molar-refractivity contribution in [1.29, 1.82) is 0 Å². The zero-order valence-corrected chi connectivity index (χ0v) is 13.9. The molecule has 0 bridgehead atoms. The number of para-hydroxylation sites is 2. The van der Waals surface area contributed by atoms with E-state index in [1.165, 1.54) is 21.9 Å². The molecule has 5 rings (SSSR count). The molecule has 4 heteroatoms. The molecular formula is C20H15N3S. The highest BCUT2D eigenvalue weighted by atomic mass is 32.1. The molecule has 24 heavy (non-hydrogen) atoms. The van der Waals surface area contributed by atoms with E-state index in [2.05, 4.69) is 70.9 Å². The third-order valence-corrected chi connectivity index (χ3v) is 5.35. The van der Waals surface area contributed by atoms with Crippen molar-refractivity contribution < 1.29 is 0 Å². The summed E-state index contributed by atoms with van der Waals surface area (Å²) in [5, 5.41) is 5.65. The van der Waals surface area contributed by atoms with E-state index in [1.54, 1.807) is 11.3 Å². The maximum Gasteiger partial charge on any atom is 0.126 e. The van der Waals surface area contributed by atoms with Gasteiger partial charge < -0.3 is 9.97 Å². The van der Waals surface area contributed by atoms with Crippen LogP contribution in [0.4, 0.5) is 0 Å². The maximum absolute atomic E-state index is 4.93. The summed E-state index contributed by atoms with van der Waals surface area (Å²) in [5.74, 6) is 0. The van der Waals surface area contributed by atoms with Crippen molar-refractivity contribution in [2.45, 2.75) is 6.92 Å². The van der Waals surface area contributed by atoms with Crippen LogP contribution < -0.4 is 0 Å². The Bertz CT molecular complexity index is 1180. The number of fused-ring (bicyclic) bond motifs is 2. The van der Waals surface area contributed by atoms with Crippen LogP contribution in [0.2, 0.25) is 0 Å². The number of hydrogen-bond donors (Lipinski definition) is 2. The fourth-order valence-electron chi connectivity index (χ4n) is 3.37. The van der Waals surface area contributed by atoms with Crippen molar-refractivity contribution in [3.8, 4) is 21.8 Å². The molecule has 3 heterocycles. The highest BCUT2D eigenvalue weighted by Gasteiger charge is 2.15. The fourth-order valence-corrected chi connectivity index (χ4v) is 4.21. The molecule has 0 amide bonds. The monoisotopic (exact) mass is 329 g/mol. The van der Waals surface area contributed by atoms with E-state index >= 15 is 0 Å². The lowest BCUT2D eigenvalue weighted by atomic mass is 10.1. The van der Waals surface area contributed by atoms with Crippen LogP contribution >= 0.6 is 11.3 Å². The van der Waals surface area contributed by atoms with Gasteiger partial charge in [0.05, 0.1) is 5.69 Å². The van der Waals surface area contributed by atoms with Gasteiger partial charge in [-0.05, 0) is 19.1 Å². The summed E-state index contributed by atoms with van der Waals surface area (Å²) < 4.78 is 0. The predicted molar refractivity (Wildman–Crippen MR) is 101 cm³/mol. The zero-order valence-electron chi connectivity index (χ0n) is 13.1. The van der Waals surface area contributed by atoms with E-state index in [0.717, 1.165) is 27.4 Å². The third kappa shape index (κ3) is 1.93. The summed E-state index contributed by atoms with van der Waals surface area (Å²) in [6.45, 7) is 2.11. The number of thiazole rings is 1. The van der Waals surface area contributed by atoms with Crippen molar-refractivity contribution in [3.63, 3.8) is 0 Å². The SMILES string of the molecule is Cc1[nH]c2ccccc2c1-c1csc(-c2c[nH]c3ccccc23)n1. The Morgan fingerprint density at radius 1 is 0.917 bits per heavy atom. The first-order valence-corrected chi connectivity index (χ1v) is 8.79. The summed E-state index contributed by atoms with van der Waals surface area (Å²) in [4.78, 5) is 11.7.